The smallest absolute Gasteiger partial charge is 0.257 e. The van der Waals surface area contributed by atoms with E-state index >= 15 is 0 Å². The fourth-order valence-electron chi connectivity index (χ4n) is 1.88. The SMILES string of the molecule is O=C(Nc1nc(-c2ccc(Cl)cc2)cs1)c1cccc(Br)c1. The maximum Gasteiger partial charge on any atom is 0.257 e. The summed E-state index contributed by atoms with van der Waals surface area (Å²) in [5.41, 5.74) is 2.35. The molecule has 1 aromatic heterocycles. The van der Waals surface area contributed by atoms with Crippen molar-refractivity contribution in [3.63, 3.8) is 0 Å². The first kappa shape index (κ1) is 15.2. The van der Waals surface area contributed by atoms with Gasteiger partial charge in [-0.1, -0.05) is 45.7 Å². The van der Waals surface area contributed by atoms with Crippen LogP contribution in [0.5, 0.6) is 0 Å². The van der Waals surface area contributed by atoms with Crippen LogP contribution in [0.15, 0.2) is 58.4 Å². The second-order valence-electron chi connectivity index (χ2n) is 4.51. The maximum absolute atomic E-state index is 12.2. The molecule has 1 N–H and O–H groups in total. The average molecular weight is 394 g/mol. The number of benzene rings is 2. The van der Waals surface area contributed by atoms with E-state index in [-0.39, 0.29) is 5.91 Å². The lowest BCUT2D eigenvalue weighted by Gasteiger charge is -2.02. The quantitative estimate of drug-likeness (QED) is 0.640. The number of nitrogens with one attached hydrogen (secondary N) is 1. The highest BCUT2D eigenvalue weighted by Gasteiger charge is 2.10. The van der Waals surface area contributed by atoms with E-state index in [9.17, 15) is 4.79 Å². The standard InChI is InChI=1S/C16H10BrClN2OS/c17-12-3-1-2-11(8-12)15(21)20-16-19-14(9-22-16)10-4-6-13(18)7-5-10/h1-9H,(H,19,20,21). The van der Waals surface area contributed by atoms with Crippen molar-refractivity contribution < 1.29 is 4.79 Å². The van der Waals surface area contributed by atoms with Crippen LogP contribution in [-0.2, 0) is 0 Å². The Kier molecular flexibility index (Phi) is 4.57. The first-order valence-corrected chi connectivity index (χ1v) is 8.45. The van der Waals surface area contributed by atoms with E-state index in [1.807, 2.05) is 41.8 Å². The summed E-state index contributed by atoms with van der Waals surface area (Å²) in [4.78, 5) is 16.6. The average Bonchev–Trinajstić information content (AvgIpc) is 2.96. The highest BCUT2D eigenvalue weighted by Crippen LogP contribution is 2.26. The Balaban J connectivity index is 1.77. The number of thiazole rings is 1. The van der Waals surface area contributed by atoms with Gasteiger partial charge >= 0.3 is 0 Å². The number of rotatable bonds is 3. The first-order chi connectivity index (χ1) is 10.6. The molecule has 0 aliphatic carbocycles. The molecule has 0 bridgehead atoms. The fraction of sp³-hybridized carbons (Fsp3) is 0. The Morgan fingerprint density at radius 2 is 1.95 bits per heavy atom. The molecule has 3 aromatic rings. The van der Waals surface area contributed by atoms with Crippen LogP contribution in [0.25, 0.3) is 11.3 Å². The second kappa shape index (κ2) is 6.60. The summed E-state index contributed by atoms with van der Waals surface area (Å²) in [5.74, 6) is -0.182. The molecule has 1 heterocycles. The van der Waals surface area contributed by atoms with Gasteiger partial charge in [0.2, 0.25) is 0 Å². The number of halogens is 2. The van der Waals surface area contributed by atoms with Gasteiger partial charge in [-0.3, -0.25) is 10.1 Å². The van der Waals surface area contributed by atoms with E-state index in [4.69, 9.17) is 11.6 Å². The van der Waals surface area contributed by atoms with Gasteiger partial charge in [-0.25, -0.2) is 4.98 Å². The van der Waals surface area contributed by atoms with E-state index in [1.165, 1.54) is 11.3 Å². The molecule has 0 unspecified atom stereocenters. The molecule has 2 aromatic carbocycles. The van der Waals surface area contributed by atoms with E-state index in [1.54, 1.807) is 12.1 Å². The minimum Gasteiger partial charge on any atom is -0.298 e. The largest absolute Gasteiger partial charge is 0.298 e. The molecule has 1 amide bonds. The van der Waals surface area contributed by atoms with Crippen molar-refractivity contribution in [3.05, 3.63) is 69.0 Å². The highest BCUT2D eigenvalue weighted by atomic mass is 79.9. The molecule has 0 aliphatic heterocycles. The summed E-state index contributed by atoms with van der Waals surface area (Å²) in [6.07, 6.45) is 0. The van der Waals surface area contributed by atoms with Gasteiger partial charge in [-0.2, -0.15) is 0 Å². The first-order valence-electron chi connectivity index (χ1n) is 6.40. The third kappa shape index (κ3) is 3.55. The van der Waals surface area contributed by atoms with Crippen molar-refractivity contribution in [3.8, 4) is 11.3 Å². The highest BCUT2D eigenvalue weighted by molar-refractivity contribution is 9.10. The Morgan fingerprint density at radius 1 is 1.18 bits per heavy atom. The zero-order valence-corrected chi connectivity index (χ0v) is 14.4. The minimum absolute atomic E-state index is 0.182. The van der Waals surface area contributed by atoms with Crippen LogP contribution in [0.3, 0.4) is 0 Å². The molecule has 22 heavy (non-hydrogen) atoms. The molecule has 3 rings (SSSR count). The lowest BCUT2D eigenvalue weighted by molar-refractivity contribution is 0.102. The Morgan fingerprint density at radius 3 is 2.68 bits per heavy atom. The molecule has 3 nitrogen and oxygen atoms in total. The lowest BCUT2D eigenvalue weighted by Crippen LogP contribution is -2.11. The van der Waals surface area contributed by atoms with Crippen LogP contribution in [0.2, 0.25) is 5.02 Å². The van der Waals surface area contributed by atoms with Crippen molar-refractivity contribution >= 4 is 49.9 Å². The fourth-order valence-corrected chi connectivity index (χ4v) is 3.12. The maximum atomic E-state index is 12.2. The zero-order valence-electron chi connectivity index (χ0n) is 11.2. The van der Waals surface area contributed by atoms with Crippen LogP contribution in [0, 0.1) is 0 Å². The Labute approximate surface area is 145 Å². The van der Waals surface area contributed by atoms with Gasteiger partial charge in [-0.05, 0) is 30.3 Å². The normalized spacial score (nSPS) is 10.5. The number of amides is 1. The molecule has 0 atom stereocenters. The Bertz CT molecular complexity index is 817. The molecule has 0 saturated carbocycles. The number of nitrogens with zero attached hydrogens (tertiary/aromatic N) is 1. The summed E-state index contributed by atoms with van der Waals surface area (Å²) < 4.78 is 0.862. The lowest BCUT2D eigenvalue weighted by atomic mass is 10.2. The van der Waals surface area contributed by atoms with Gasteiger partial charge in [0, 0.05) is 26.0 Å². The summed E-state index contributed by atoms with van der Waals surface area (Å²) in [6, 6.07) is 14.6. The molecule has 0 saturated heterocycles. The molecular formula is C16H10BrClN2OS. The summed E-state index contributed by atoms with van der Waals surface area (Å²) in [7, 11) is 0. The van der Waals surface area contributed by atoms with Crippen LogP contribution in [0.1, 0.15) is 10.4 Å². The van der Waals surface area contributed by atoms with Crippen LogP contribution >= 0.6 is 38.9 Å². The van der Waals surface area contributed by atoms with Gasteiger partial charge in [-0.15, -0.1) is 11.3 Å². The van der Waals surface area contributed by atoms with Gasteiger partial charge in [0.15, 0.2) is 5.13 Å². The second-order valence-corrected chi connectivity index (χ2v) is 6.72. The number of hydrogen-bond acceptors (Lipinski definition) is 3. The van der Waals surface area contributed by atoms with E-state index in [2.05, 4.69) is 26.2 Å². The molecule has 0 radical (unpaired) electrons. The Hall–Kier alpha value is -1.69. The van der Waals surface area contributed by atoms with E-state index < -0.39 is 0 Å². The zero-order chi connectivity index (χ0) is 15.5. The van der Waals surface area contributed by atoms with E-state index in [0.717, 1.165) is 15.7 Å². The molecule has 6 heteroatoms. The van der Waals surface area contributed by atoms with Gasteiger partial charge in [0.1, 0.15) is 0 Å². The van der Waals surface area contributed by atoms with Crippen molar-refractivity contribution in [2.24, 2.45) is 0 Å². The van der Waals surface area contributed by atoms with Gasteiger partial charge in [0.05, 0.1) is 5.69 Å². The van der Waals surface area contributed by atoms with Crippen molar-refractivity contribution in [1.82, 2.24) is 4.98 Å². The van der Waals surface area contributed by atoms with Crippen molar-refractivity contribution in [1.29, 1.82) is 0 Å². The molecule has 110 valence electrons. The monoisotopic (exact) mass is 392 g/mol. The van der Waals surface area contributed by atoms with Gasteiger partial charge in [0.25, 0.3) is 5.91 Å². The molecule has 0 fully saturated rings. The molecular weight excluding hydrogens is 384 g/mol. The van der Waals surface area contributed by atoms with E-state index in [0.29, 0.717) is 15.7 Å². The number of aromatic nitrogens is 1. The number of anilines is 1. The predicted molar refractivity (Wildman–Crippen MR) is 94.7 cm³/mol. The van der Waals surface area contributed by atoms with Crippen LogP contribution in [-0.4, -0.2) is 10.9 Å². The summed E-state index contributed by atoms with van der Waals surface area (Å²) in [6.45, 7) is 0. The van der Waals surface area contributed by atoms with Gasteiger partial charge < -0.3 is 0 Å². The molecule has 0 spiro atoms. The third-order valence-corrected chi connectivity index (χ3v) is 4.45. The minimum atomic E-state index is -0.182. The van der Waals surface area contributed by atoms with Crippen LogP contribution in [0.4, 0.5) is 5.13 Å². The van der Waals surface area contributed by atoms with Crippen molar-refractivity contribution in [2.45, 2.75) is 0 Å². The molecule has 0 aliphatic rings. The number of hydrogen-bond donors (Lipinski definition) is 1. The summed E-state index contributed by atoms with van der Waals surface area (Å²) >= 11 is 10.6. The summed E-state index contributed by atoms with van der Waals surface area (Å²) in [5, 5.41) is 5.96. The number of carbonyl (C=O) groups is 1. The van der Waals surface area contributed by atoms with Crippen LogP contribution < -0.4 is 5.32 Å². The topological polar surface area (TPSA) is 42.0 Å². The number of carbonyl (C=O) groups excluding carboxylic acids is 1. The third-order valence-electron chi connectivity index (χ3n) is 2.95. The predicted octanol–water partition coefficient (Wildman–Crippen LogP) is 5.48. The van der Waals surface area contributed by atoms with Crippen molar-refractivity contribution in [2.75, 3.05) is 5.32 Å².